The second-order valence-electron chi connectivity index (χ2n) is 4.91. The standard InChI is InChI=1S/C16H19ClFNO/c1-3-7-19-15(16-11(2)6-8-20-16)9-12-4-5-13(17)10-14(12)18/h4-6,8,10,15,19H,3,7,9H2,1-2H3. The molecule has 2 rings (SSSR count). The predicted molar refractivity (Wildman–Crippen MR) is 79.6 cm³/mol. The molecule has 0 spiro atoms. The van der Waals surface area contributed by atoms with E-state index in [4.69, 9.17) is 16.0 Å². The maximum atomic E-state index is 13.9. The molecule has 0 aliphatic rings. The van der Waals surface area contributed by atoms with Gasteiger partial charge >= 0.3 is 0 Å². The summed E-state index contributed by atoms with van der Waals surface area (Å²) in [5.41, 5.74) is 1.71. The lowest BCUT2D eigenvalue weighted by Gasteiger charge is -2.18. The number of nitrogens with one attached hydrogen (secondary N) is 1. The topological polar surface area (TPSA) is 25.2 Å². The molecule has 0 saturated heterocycles. The highest BCUT2D eigenvalue weighted by atomic mass is 35.5. The molecule has 0 saturated carbocycles. The van der Waals surface area contributed by atoms with Crippen LogP contribution in [0.1, 0.15) is 36.3 Å². The molecular formula is C16H19ClFNO. The highest BCUT2D eigenvalue weighted by molar-refractivity contribution is 6.30. The summed E-state index contributed by atoms with van der Waals surface area (Å²) < 4.78 is 19.5. The van der Waals surface area contributed by atoms with E-state index in [2.05, 4.69) is 12.2 Å². The van der Waals surface area contributed by atoms with Crippen molar-refractivity contribution in [2.45, 2.75) is 32.7 Å². The Morgan fingerprint density at radius 1 is 1.35 bits per heavy atom. The average molecular weight is 296 g/mol. The van der Waals surface area contributed by atoms with Crippen molar-refractivity contribution in [1.29, 1.82) is 0 Å². The van der Waals surface area contributed by atoms with Gasteiger partial charge in [0.05, 0.1) is 12.3 Å². The molecule has 4 heteroatoms. The van der Waals surface area contributed by atoms with E-state index in [1.807, 2.05) is 13.0 Å². The molecule has 0 radical (unpaired) electrons. The number of benzene rings is 1. The lowest BCUT2D eigenvalue weighted by molar-refractivity contribution is 0.404. The summed E-state index contributed by atoms with van der Waals surface area (Å²) in [6.07, 6.45) is 3.22. The molecule has 0 aliphatic heterocycles. The van der Waals surface area contributed by atoms with E-state index in [1.165, 1.54) is 6.07 Å². The van der Waals surface area contributed by atoms with Gasteiger partial charge in [-0.1, -0.05) is 24.6 Å². The summed E-state index contributed by atoms with van der Waals surface area (Å²) in [4.78, 5) is 0. The van der Waals surface area contributed by atoms with Crippen LogP contribution in [0.25, 0.3) is 0 Å². The number of hydrogen-bond donors (Lipinski definition) is 1. The van der Waals surface area contributed by atoms with Gasteiger partial charge in [-0.3, -0.25) is 0 Å². The van der Waals surface area contributed by atoms with Crippen molar-refractivity contribution >= 4 is 11.6 Å². The minimum atomic E-state index is -0.273. The minimum absolute atomic E-state index is 0.0272. The maximum Gasteiger partial charge on any atom is 0.127 e. The molecule has 2 nitrogen and oxygen atoms in total. The van der Waals surface area contributed by atoms with E-state index in [0.717, 1.165) is 24.3 Å². The molecule has 1 N–H and O–H groups in total. The third-order valence-corrected chi connectivity index (χ3v) is 3.53. The van der Waals surface area contributed by atoms with E-state index in [-0.39, 0.29) is 11.9 Å². The van der Waals surface area contributed by atoms with Crippen molar-refractivity contribution in [1.82, 2.24) is 5.32 Å². The zero-order valence-electron chi connectivity index (χ0n) is 11.7. The minimum Gasteiger partial charge on any atom is -0.467 e. The smallest absolute Gasteiger partial charge is 0.127 e. The lowest BCUT2D eigenvalue weighted by atomic mass is 10.0. The summed E-state index contributed by atoms with van der Waals surface area (Å²) in [6, 6.07) is 6.69. The summed E-state index contributed by atoms with van der Waals surface area (Å²) in [7, 11) is 0. The van der Waals surface area contributed by atoms with E-state index in [9.17, 15) is 4.39 Å². The molecule has 0 aliphatic carbocycles. The van der Waals surface area contributed by atoms with Crippen LogP contribution in [0.4, 0.5) is 4.39 Å². The first kappa shape index (κ1) is 15.1. The zero-order valence-corrected chi connectivity index (χ0v) is 12.5. The van der Waals surface area contributed by atoms with E-state index >= 15 is 0 Å². The van der Waals surface area contributed by atoms with Crippen molar-refractivity contribution in [3.05, 3.63) is 58.3 Å². The first-order valence-electron chi connectivity index (χ1n) is 6.83. The van der Waals surface area contributed by atoms with Crippen molar-refractivity contribution in [3.63, 3.8) is 0 Å². The van der Waals surface area contributed by atoms with Crippen LogP contribution in [0, 0.1) is 12.7 Å². The van der Waals surface area contributed by atoms with Crippen LogP contribution in [-0.4, -0.2) is 6.54 Å². The first-order valence-corrected chi connectivity index (χ1v) is 7.21. The fraction of sp³-hybridized carbons (Fsp3) is 0.375. The summed E-state index contributed by atoms with van der Waals surface area (Å²) in [5, 5.41) is 3.82. The molecule has 1 aromatic carbocycles. The van der Waals surface area contributed by atoms with Crippen molar-refractivity contribution in [2.24, 2.45) is 0 Å². The molecule has 0 fully saturated rings. The van der Waals surface area contributed by atoms with Gasteiger partial charge in [0.1, 0.15) is 11.6 Å². The summed E-state index contributed by atoms with van der Waals surface area (Å²) in [5.74, 6) is 0.595. The quantitative estimate of drug-likeness (QED) is 0.838. The van der Waals surface area contributed by atoms with Gasteiger partial charge in [-0.25, -0.2) is 4.39 Å². The molecule has 1 heterocycles. The van der Waals surface area contributed by atoms with Crippen LogP contribution >= 0.6 is 11.6 Å². The number of halogens is 2. The van der Waals surface area contributed by atoms with Crippen LogP contribution in [0.2, 0.25) is 5.02 Å². The van der Waals surface area contributed by atoms with Crippen molar-refractivity contribution in [3.8, 4) is 0 Å². The Morgan fingerprint density at radius 2 is 2.15 bits per heavy atom. The number of furan rings is 1. The van der Waals surface area contributed by atoms with Crippen molar-refractivity contribution < 1.29 is 8.81 Å². The normalized spacial score (nSPS) is 12.6. The van der Waals surface area contributed by atoms with Gasteiger partial charge in [-0.2, -0.15) is 0 Å². The fourth-order valence-electron chi connectivity index (χ4n) is 2.22. The molecular weight excluding hydrogens is 277 g/mol. The Bertz CT molecular complexity index is 567. The second-order valence-corrected chi connectivity index (χ2v) is 5.35. The molecule has 0 bridgehead atoms. The molecule has 2 aromatic rings. The van der Waals surface area contributed by atoms with E-state index in [0.29, 0.717) is 17.0 Å². The van der Waals surface area contributed by atoms with E-state index < -0.39 is 0 Å². The van der Waals surface area contributed by atoms with Crippen LogP contribution in [0.15, 0.2) is 34.9 Å². The Morgan fingerprint density at radius 3 is 2.75 bits per heavy atom. The Hall–Kier alpha value is -1.32. The number of hydrogen-bond acceptors (Lipinski definition) is 2. The maximum absolute atomic E-state index is 13.9. The van der Waals surface area contributed by atoms with Crippen molar-refractivity contribution in [2.75, 3.05) is 6.54 Å². The second kappa shape index (κ2) is 6.91. The van der Waals surface area contributed by atoms with Gasteiger partial charge in [0.25, 0.3) is 0 Å². The predicted octanol–water partition coefficient (Wildman–Crippen LogP) is 4.66. The van der Waals surface area contributed by atoms with Gasteiger partial charge in [0.15, 0.2) is 0 Å². The average Bonchev–Trinajstić information content (AvgIpc) is 2.83. The number of rotatable bonds is 6. The van der Waals surface area contributed by atoms with Crippen LogP contribution < -0.4 is 5.32 Å². The molecule has 108 valence electrons. The Labute approximate surface area is 123 Å². The first-order chi connectivity index (χ1) is 9.61. The summed E-state index contributed by atoms with van der Waals surface area (Å²) >= 11 is 5.79. The molecule has 1 atom stereocenters. The van der Waals surface area contributed by atoms with Gasteiger partial charge in [0.2, 0.25) is 0 Å². The third kappa shape index (κ3) is 3.62. The van der Waals surface area contributed by atoms with Gasteiger partial charge in [0, 0.05) is 5.02 Å². The highest BCUT2D eigenvalue weighted by Gasteiger charge is 2.18. The van der Waals surface area contributed by atoms with Gasteiger partial charge in [-0.15, -0.1) is 0 Å². The van der Waals surface area contributed by atoms with E-state index in [1.54, 1.807) is 18.4 Å². The molecule has 1 aromatic heterocycles. The van der Waals surface area contributed by atoms with Gasteiger partial charge < -0.3 is 9.73 Å². The molecule has 0 amide bonds. The fourth-order valence-corrected chi connectivity index (χ4v) is 2.38. The molecule has 20 heavy (non-hydrogen) atoms. The van der Waals surface area contributed by atoms with Crippen LogP contribution in [0.3, 0.4) is 0 Å². The Balaban J connectivity index is 2.21. The SMILES string of the molecule is CCCNC(Cc1ccc(Cl)cc1F)c1occc1C. The largest absolute Gasteiger partial charge is 0.467 e. The third-order valence-electron chi connectivity index (χ3n) is 3.30. The highest BCUT2D eigenvalue weighted by Crippen LogP contribution is 2.25. The monoisotopic (exact) mass is 295 g/mol. The van der Waals surface area contributed by atoms with Gasteiger partial charge in [-0.05, 0) is 55.6 Å². The zero-order chi connectivity index (χ0) is 14.5. The number of aryl methyl sites for hydroxylation is 1. The van der Waals surface area contributed by atoms with Crippen LogP contribution in [0.5, 0.6) is 0 Å². The Kier molecular flexibility index (Phi) is 5.21. The molecule has 1 unspecified atom stereocenters. The van der Waals surface area contributed by atoms with Crippen LogP contribution in [-0.2, 0) is 6.42 Å². The lowest BCUT2D eigenvalue weighted by Crippen LogP contribution is -2.24. The summed E-state index contributed by atoms with van der Waals surface area (Å²) in [6.45, 7) is 4.96.